The molecule has 8 nitrogen and oxygen atoms in total. The first-order valence-corrected chi connectivity index (χ1v) is 8.57. The molecule has 1 aliphatic heterocycles. The van der Waals surface area contributed by atoms with Crippen LogP contribution < -0.4 is 0 Å². The summed E-state index contributed by atoms with van der Waals surface area (Å²) in [5.41, 5.74) is 0.744. The average molecular weight is 329 g/mol. The zero-order chi connectivity index (χ0) is 16.1. The van der Waals surface area contributed by atoms with Gasteiger partial charge in [-0.05, 0) is 31.7 Å². The molecule has 0 radical (unpaired) electrons. The van der Waals surface area contributed by atoms with E-state index in [-0.39, 0.29) is 12.0 Å². The van der Waals surface area contributed by atoms with Gasteiger partial charge in [-0.15, -0.1) is 10.2 Å². The fourth-order valence-corrected chi connectivity index (χ4v) is 3.28. The van der Waals surface area contributed by atoms with Crippen molar-refractivity contribution in [2.24, 2.45) is 0 Å². The predicted octanol–water partition coefficient (Wildman–Crippen LogP) is 1.76. The van der Waals surface area contributed by atoms with Gasteiger partial charge in [0.05, 0.1) is 18.7 Å². The SMILES string of the molecule is O=C(c1cc(C2CC2)oc1C1CC1)N1CCOC(c2nn[nH]n2)C1. The van der Waals surface area contributed by atoms with Gasteiger partial charge in [0.25, 0.3) is 5.91 Å². The van der Waals surface area contributed by atoms with Gasteiger partial charge in [-0.2, -0.15) is 5.21 Å². The van der Waals surface area contributed by atoms with Crippen molar-refractivity contribution < 1.29 is 13.9 Å². The first-order valence-electron chi connectivity index (χ1n) is 8.57. The van der Waals surface area contributed by atoms with Crippen LogP contribution in [0.25, 0.3) is 0 Å². The predicted molar refractivity (Wildman–Crippen MR) is 81.4 cm³/mol. The van der Waals surface area contributed by atoms with Crippen LogP contribution in [0.2, 0.25) is 0 Å². The number of aromatic nitrogens is 4. The molecule has 5 rings (SSSR count). The summed E-state index contributed by atoms with van der Waals surface area (Å²) in [5, 5.41) is 13.9. The average Bonchev–Trinajstić information content (AvgIpc) is 3.55. The molecule has 0 bridgehead atoms. The lowest BCUT2D eigenvalue weighted by Crippen LogP contribution is -2.42. The highest BCUT2D eigenvalue weighted by Gasteiger charge is 2.38. The van der Waals surface area contributed by atoms with Gasteiger partial charge in [0.2, 0.25) is 5.82 Å². The number of H-pyrrole nitrogens is 1. The summed E-state index contributed by atoms with van der Waals surface area (Å²) in [6, 6.07) is 1.98. The zero-order valence-electron chi connectivity index (χ0n) is 13.3. The van der Waals surface area contributed by atoms with E-state index in [1.54, 1.807) is 0 Å². The molecule has 0 aromatic carbocycles. The highest BCUT2D eigenvalue weighted by molar-refractivity contribution is 5.95. The molecule has 3 heterocycles. The Morgan fingerprint density at radius 1 is 1.25 bits per heavy atom. The van der Waals surface area contributed by atoms with E-state index in [0.717, 1.165) is 29.9 Å². The number of morpholine rings is 1. The molecule has 2 aliphatic carbocycles. The van der Waals surface area contributed by atoms with Crippen molar-refractivity contribution in [3.63, 3.8) is 0 Å². The monoisotopic (exact) mass is 329 g/mol. The summed E-state index contributed by atoms with van der Waals surface area (Å²) in [6.07, 6.45) is 4.24. The standard InChI is InChI=1S/C16H19N5O3/c22-16(21-5-6-23-13(8-21)15-17-19-20-18-15)11-7-12(9-1-2-9)24-14(11)10-3-4-10/h7,9-10,13H,1-6,8H2,(H,17,18,19,20). The van der Waals surface area contributed by atoms with Crippen molar-refractivity contribution in [2.45, 2.75) is 43.6 Å². The molecular weight excluding hydrogens is 310 g/mol. The van der Waals surface area contributed by atoms with Crippen LogP contribution in [0.4, 0.5) is 0 Å². The van der Waals surface area contributed by atoms with Crippen LogP contribution in [0.3, 0.4) is 0 Å². The van der Waals surface area contributed by atoms with Crippen LogP contribution in [0.5, 0.6) is 0 Å². The summed E-state index contributed by atoms with van der Waals surface area (Å²) in [6.45, 7) is 1.48. The first kappa shape index (κ1) is 14.2. The van der Waals surface area contributed by atoms with Gasteiger partial charge in [0, 0.05) is 18.4 Å². The summed E-state index contributed by atoms with van der Waals surface area (Å²) in [7, 11) is 0. The number of ether oxygens (including phenoxy) is 1. The van der Waals surface area contributed by atoms with Crippen molar-refractivity contribution in [2.75, 3.05) is 19.7 Å². The number of carbonyl (C=O) groups excluding carboxylic acids is 1. The largest absolute Gasteiger partial charge is 0.465 e. The zero-order valence-corrected chi connectivity index (χ0v) is 13.3. The summed E-state index contributed by atoms with van der Waals surface area (Å²) >= 11 is 0. The van der Waals surface area contributed by atoms with Gasteiger partial charge in [-0.25, -0.2) is 0 Å². The number of nitrogens with zero attached hydrogens (tertiary/aromatic N) is 4. The molecule has 1 unspecified atom stereocenters. The Morgan fingerprint density at radius 3 is 2.79 bits per heavy atom. The molecule has 0 spiro atoms. The van der Waals surface area contributed by atoms with Gasteiger partial charge in [0.15, 0.2) is 0 Å². The second kappa shape index (κ2) is 5.41. The number of tetrazole rings is 1. The van der Waals surface area contributed by atoms with Gasteiger partial charge >= 0.3 is 0 Å². The molecule has 1 saturated heterocycles. The molecule has 2 aromatic heterocycles. The second-order valence-corrected chi connectivity index (χ2v) is 6.86. The Labute approximate surface area is 138 Å². The molecule has 2 aromatic rings. The molecule has 1 atom stereocenters. The minimum Gasteiger partial charge on any atom is -0.465 e. The lowest BCUT2D eigenvalue weighted by atomic mass is 10.1. The Kier molecular flexibility index (Phi) is 3.19. The topological polar surface area (TPSA) is 97.1 Å². The van der Waals surface area contributed by atoms with E-state index >= 15 is 0 Å². The number of aromatic amines is 1. The van der Waals surface area contributed by atoms with E-state index < -0.39 is 0 Å². The third-order valence-electron chi connectivity index (χ3n) is 4.94. The van der Waals surface area contributed by atoms with E-state index in [0.29, 0.717) is 37.4 Å². The first-order chi connectivity index (χ1) is 11.8. The number of hydrogen-bond donors (Lipinski definition) is 1. The van der Waals surface area contributed by atoms with Gasteiger partial charge in [-0.1, -0.05) is 5.21 Å². The maximum atomic E-state index is 13.1. The fraction of sp³-hybridized carbons (Fsp3) is 0.625. The van der Waals surface area contributed by atoms with Gasteiger partial charge in [0.1, 0.15) is 17.6 Å². The molecule has 1 N–H and O–H groups in total. The van der Waals surface area contributed by atoms with E-state index in [9.17, 15) is 4.79 Å². The normalized spacial score (nSPS) is 24.3. The molecular formula is C16H19N5O3. The van der Waals surface area contributed by atoms with Crippen LogP contribution in [0.1, 0.15) is 71.3 Å². The summed E-state index contributed by atoms with van der Waals surface area (Å²) in [4.78, 5) is 14.9. The maximum Gasteiger partial charge on any atom is 0.257 e. The van der Waals surface area contributed by atoms with Gasteiger partial charge < -0.3 is 14.1 Å². The smallest absolute Gasteiger partial charge is 0.257 e. The molecule has 24 heavy (non-hydrogen) atoms. The van der Waals surface area contributed by atoms with Crippen molar-refractivity contribution in [1.82, 2.24) is 25.5 Å². The van der Waals surface area contributed by atoms with Gasteiger partial charge in [-0.3, -0.25) is 4.79 Å². The Bertz CT molecular complexity index is 748. The van der Waals surface area contributed by atoms with Crippen molar-refractivity contribution in [3.05, 3.63) is 29.0 Å². The number of amides is 1. The van der Waals surface area contributed by atoms with Crippen molar-refractivity contribution in [3.8, 4) is 0 Å². The Morgan fingerprint density at radius 2 is 2.08 bits per heavy atom. The minimum atomic E-state index is -0.333. The van der Waals surface area contributed by atoms with E-state index in [2.05, 4.69) is 20.6 Å². The van der Waals surface area contributed by atoms with E-state index in [4.69, 9.17) is 9.15 Å². The lowest BCUT2D eigenvalue weighted by Gasteiger charge is -2.31. The Balaban J connectivity index is 1.39. The van der Waals surface area contributed by atoms with Crippen molar-refractivity contribution >= 4 is 5.91 Å². The minimum absolute atomic E-state index is 0.0318. The van der Waals surface area contributed by atoms with Crippen LogP contribution in [0.15, 0.2) is 10.5 Å². The maximum absolute atomic E-state index is 13.1. The molecule has 2 saturated carbocycles. The quantitative estimate of drug-likeness (QED) is 0.918. The number of furan rings is 1. The summed E-state index contributed by atoms with van der Waals surface area (Å²) in [5.74, 6) is 3.34. The second-order valence-electron chi connectivity index (χ2n) is 6.86. The number of nitrogens with one attached hydrogen (secondary N) is 1. The number of hydrogen-bond acceptors (Lipinski definition) is 6. The van der Waals surface area contributed by atoms with Crippen LogP contribution in [-0.2, 0) is 4.74 Å². The van der Waals surface area contributed by atoms with Crippen LogP contribution in [0, 0.1) is 0 Å². The van der Waals surface area contributed by atoms with Crippen LogP contribution >= 0.6 is 0 Å². The molecule has 1 amide bonds. The van der Waals surface area contributed by atoms with Crippen LogP contribution in [-0.4, -0.2) is 51.1 Å². The molecule has 8 heteroatoms. The lowest BCUT2D eigenvalue weighted by molar-refractivity contribution is -0.0268. The molecule has 126 valence electrons. The van der Waals surface area contributed by atoms with E-state index in [1.165, 1.54) is 12.8 Å². The number of carbonyl (C=O) groups is 1. The summed E-state index contributed by atoms with van der Waals surface area (Å²) < 4.78 is 11.7. The molecule has 3 fully saturated rings. The Hall–Kier alpha value is -2.22. The van der Waals surface area contributed by atoms with E-state index in [1.807, 2.05) is 11.0 Å². The highest BCUT2D eigenvalue weighted by atomic mass is 16.5. The number of rotatable bonds is 4. The molecule has 3 aliphatic rings. The third kappa shape index (κ3) is 2.50. The third-order valence-corrected chi connectivity index (χ3v) is 4.94. The fourth-order valence-electron chi connectivity index (χ4n) is 3.28. The van der Waals surface area contributed by atoms with Crippen molar-refractivity contribution in [1.29, 1.82) is 0 Å². The highest BCUT2D eigenvalue weighted by Crippen LogP contribution is 2.47.